The van der Waals surface area contributed by atoms with Gasteiger partial charge in [0.15, 0.2) is 0 Å². The molecule has 0 aliphatic rings. The minimum Gasteiger partial charge on any atom is -0.497 e. The summed E-state index contributed by atoms with van der Waals surface area (Å²) in [5.41, 5.74) is 2.99. The third-order valence-electron chi connectivity index (χ3n) is 3.32. The fourth-order valence-electron chi connectivity index (χ4n) is 2.36. The van der Waals surface area contributed by atoms with Gasteiger partial charge in [0.05, 0.1) is 23.8 Å². The van der Waals surface area contributed by atoms with E-state index in [-0.39, 0.29) is 0 Å². The summed E-state index contributed by atoms with van der Waals surface area (Å²) in [6.45, 7) is 0. The second-order valence-electron chi connectivity index (χ2n) is 4.41. The SMILES string of the molecule is CNc1c2cc(N=O)ccc2nc2ccc(OC)cc12. The minimum atomic E-state index is 0.387. The molecule has 0 unspecified atom stereocenters. The van der Waals surface area contributed by atoms with E-state index < -0.39 is 0 Å². The molecule has 1 heterocycles. The van der Waals surface area contributed by atoms with Gasteiger partial charge < -0.3 is 10.1 Å². The predicted molar refractivity (Wildman–Crippen MR) is 80.8 cm³/mol. The molecular weight excluding hydrogens is 254 g/mol. The molecule has 0 bridgehead atoms. The number of benzene rings is 2. The zero-order valence-corrected chi connectivity index (χ0v) is 11.2. The highest BCUT2D eigenvalue weighted by Crippen LogP contribution is 2.34. The van der Waals surface area contributed by atoms with Crippen molar-refractivity contribution < 1.29 is 4.74 Å². The van der Waals surface area contributed by atoms with Gasteiger partial charge in [-0.05, 0) is 41.6 Å². The van der Waals surface area contributed by atoms with Gasteiger partial charge in [0.2, 0.25) is 0 Å². The Balaban J connectivity index is 2.44. The molecule has 20 heavy (non-hydrogen) atoms. The number of fused-ring (bicyclic) bond motifs is 2. The maximum atomic E-state index is 10.7. The van der Waals surface area contributed by atoms with Gasteiger partial charge in [-0.2, -0.15) is 0 Å². The van der Waals surface area contributed by atoms with E-state index in [9.17, 15) is 4.91 Å². The Kier molecular flexibility index (Phi) is 2.95. The summed E-state index contributed by atoms with van der Waals surface area (Å²) in [7, 11) is 3.47. The number of nitrogens with zero attached hydrogens (tertiary/aromatic N) is 2. The molecule has 0 aliphatic carbocycles. The first kappa shape index (κ1) is 12.3. The second-order valence-corrected chi connectivity index (χ2v) is 4.41. The largest absolute Gasteiger partial charge is 0.497 e. The number of methoxy groups -OCH3 is 1. The minimum absolute atomic E-state index is 0.387. The summed E-state index contributed by atoms with van der Waals surface area (Å²) >= 11 is 0. The maximum Gasteiger partial charge on any atom is 0.119 e. The molecule has 0 saturated carbocycles. The van der Waals surface area contributed by atoms with Crippen LogP contribution in [0.2, 0.25) is 0 Å². The van der Waals surface area contributed by atoms with Gasteiger partial charge in [0, 0.05) is 17.8 Å². The number of rotatable bonds is 3. The Morgan fingerprint density at radius 1 is 1.10 bits per heavy atom. The van der Waals surface area contributed by atoms with E-state index in [0.717, 1.165) is 33.2 Å². The van der Waals surface area contributed by atoms with Gasteiger partial charge >= 0.3 is 0 Å². The van der Waals surface area contributed by atoms with E-state index in [2.05, 4.69) is 15.5 Å². The average Bonchev–Trinajstić information content (AvgIpc) is 2.51. The van der Waals surface area contributed by atoms with Crippen molar-refractivity contribution in [2.75, 3.05) is 19.5 Å². The fourth-order valence-corrected chi connectivity index (χ4v) is 2.36. The molecule has 100 valence electrons. The molecule has 5 heteroatoms. The van der Waals surface area contributed by atoms with Crippen molar-refractivity contribution in [3.63, 3.8) is 0 Å². The lowest BCUT2D eigenvalue weighted by atomic mass is 10.1. The number of aromatic nitrogens is 1. The number of hydrogen-bond donors (Lipinski definition) is 1. The first-order chi connectivity index (χ1) is 9.76. The Labute approximate surface area is 115 Å². The summed E-state index contributed by atoms with van der Waals surface area (Å²) in [5.74, 6) is 0.764. The van der Waals surface area contributed by atoms with Gasteiger partial charge in [0.1, 0.15) is 11.4 Å². The van der Waals surface area contributed by atoms with Gasteiger partial charge in [-0.15, -0.1) is 4.91 Å². The van der Waals surface area contributed by atoms with E-state index in [1.54, 1.807) is 25.3 Å². The van der Waals surface area contributed by atoms with Crippen LogP contribution in [0.5, 0.6) is 5.75 Å². The van der Waals surface area contributed by atoms with Crippen LogP contribution in [0.1, 0.15) is 0 Å². The molecule has 0 amide bonds. The van der Waals surface area contributed by atoms with Crippen molar-refractivity contribution in [2.45, 2.75) is 0 Å². The molecule has 0 fully saturated rings. The lowest BCUT2D eigenvalue weighted by Gasteiger charge is -2.11. The fraction of sp³-hybridized carbons (Fsp3) is 0.133. The topological polar surface area (TPSA) is 63.6 Å². The molecular formula is C15H13N3O2. The summed E-state index contributed by atoms with van der Waals surface area (Å²) < 4.78 is 5.25. The molecule has 0 atom stereocenters. The molecule has 1 N–H and O–H groups in total. The standard InChI is InChI=1S/C15H13N3O2/c1-16-15-11-7-9(18-19)3-5-13(11)17-14-6-4-10(20-2)8-12(14)15/h3-8H,1-2H3,(H,16,17). The van der Waals surface area contributed by atoms with Crippen molar-refractivity contribution >= 4 is 33.2 Å². The Bertz CT molecular complexity index is 815. The van der Waals surface area contributed by atoms with Crippen LogP contribution >= 0.6 is 0 Å². The van der Waals surface area contributed by atoms with Crippen LogP contribution in [0, 0.1) is 4.91 Å². The van der Waals surface area contributed by atoms with Crippen LogP contribution in [-0.4, -0.2) is 19.1 Å². The van der Waals surface area contributed by atoms with Gasteiger partial charge in [-0.25, -0.2) is 4.98 Å². The van der Waals surface area contributed by atoms with Crippen molar-refractivity contribution in [1.29, 1.82) is 0 Å². The van der Waals surface area contributed by atoms with Crippen molar-refractivity contribution in [1.82, 2.24) is 4.98 Å². The molecule has 2 aromatic carbocycles. The zero-order chi connectivity index (χ0) is 14.1. The van der Waals surface area contributed by atoms with Gasteiger partial charge in [-0.3, -0.25) is 0 Å². The maximum absolute atomic E-state index is 10.7. The van der Waals surface area contributed by atoms with E-state index in [1.807, 2.05) is 25.2 Å². The van der Waals surface area contributed by atoms with E-state index in [1.165, 1.54) is 0 Å². The number of anilines is 1. The van der Waals surface area contributed by atoms with Crippen LogP contribution in [0.25, 0.3) is 21.8 Å². The predicted octanol–water partition coefficient (Wildman–Crippen LogP) is 3.84. The smallest absolute Gasteiger partial charge is 0.119 e. The molecule has 0 radical (unpaired) electrons. The third-order valence-corrected chi connectivity index (χ3v) is 3.32. The number of nitroso groups, excluding NO2 is 1. The summed E-state index contributed by atoms with van der Waals surface area (Å²) in [5, 5.41) is 7.97. The zero-order valence-electron chi connectivity index (χ0n) is 11.2. The van der Waals surface area contributed by atoms with Gasteiger partial charge in [-0.1, -0.05) is 0 Å². The van der Waals surface area contributed by atoms with E-state index >= 15 is 0 Å². The highest BCUT2D eigenvalue weighted by atomic mass is 16.5. The van der Waals surface area contributed by atoms with Crippen LogP contribution in [0.15, 0.2) is 41.6 Å². The van der Waals surface area contributed by atoms with Crippen molar-refractivity contribution in [2.24, 2.45) is 5.18 Å². The highest BCUT2D eigenvalue weighted by molar-refractivity contribution is 6.08. The third kappa shape index (κ3) is 1.84. The lowest BCUT2D eigenvalue weighted by Crippen LogP contribution is -1.94. The number of hydrogen-bond acceptors (Lipinski definition) is 5. The molecule has 0 saturated heterocycles. The number of nitrogens with one attached hydrogen (secondary N) is 1. The second kappa shape index (κ2) is 4.77. The summed E-state index contributed by atoms with van der Waals surface area (Å²) in [6, 6.07) is 10.9. The molecule has 1 aromatic heterocycles. The lowest BCUT2D eigenvalue weighted by molar-refractivity contribution is 0.415. The first-order valence-corrected chi connectivity index (χ1v) is 6.19. The summed E-state index contributed by atoms with van der Waals surface area (Å²) in [6.07, 6.45) is 0. The van der Waals surface area contributed by atoms with E-state index in [0.29, 0.717) is 5.69 Å². The monoisotopic (exact) mass is 267 g/mol. The highest BCUT2D eigenvalue weighted by Gasteiger charge is 2.10. The normalized spacial score (nSPS) is 10.7. The molecule has 0 aliphatic heterocycles. The molecule has 3 rings (SSSR count). The Hall–Kier alpha value is -2.69. The Morgan fingerprint density at radius 2 is 1.80 bits per heavy atom. The quantitative estimate of drug-likeness (QED) is 0.578. The first-order valence-electron chi connectivity index (χ1n) is 6.19. The van der Waals surface area contributed by atoms with Crippen LogP contribution < -0.4 is 10.1 Å². The number of pyridine rings is 1. The van der Waals surface area contributed by atoms with Crippen LogP contribution in [-0.2, 0) is 0 Å². The number of ether oxygens (including phenoxy) is 1. The van der Waals surface area contributed by atoms with Crippen LogP contribution in [0.3, 0.4) is 0 Å². The van der Waals surface area contributed by atoms with Gasteiger partial charge in [0.25, 0.3) is 0 Å². The molecule has 5 nitrogen and oxygen atoms in total. The van der Waals surface area contributed by atoms with Crippen LogP contribution in [0.4, 0.5) is 11.4 Å². The Morgan fingerprint density at radius 3 is 2.45 bits per heavy atom. The van der Waals surface area contributed by atoms with Crippen molar-refractivity contribution in [3.8, 4) is 5.75 Å². The van der Waals surface area contributed by atoms with E-state index in [4.69, 9.17) is 4.74 Å². The molecule has 0 spiro atoms. The molecule has 3 aromatic rings. The average molecular weight is 267 g/mol. The van der Waals surface area contributed by atoms with Crippen molar-refractivity contribution in [3.05, 3.63) is 41.3 Å². The summed E-state index contributed by atoms with van der Waals surface area (Å²) in [4.78, 5) is 15.3.